The summed E-state index contributed by atoms with van der Waals surface area (Å²) in [7, 11) is 3.68. The number of anilines is 2. The standard InChI is InChI=1S/C37H48FN9O3/c1-22-9-11-37(31-25(22)7-8-28(40)26(31)17-39)16-29-27(20-50-37)33(42-35(41-29)49-21-36-10-5-13-46(36)18-24(38)15-36)45-12-6-14-47-30(19-45)23(2)32(43-47)34(48)44(3)4/h7-8,22,24,34,48H,5-6,9-16,18-21,40H2,1-4H3/t22-,24+,34?,36-,37-/m0/s1. The van der Waals surface area contributed by atoms with Gasteiger partial charge in [-0.3, -0.25) is 14.5 Å². The van der Waals surface area contributed by atoms with Crippen LogP contribution in [0.25, 0.3) is 0 Å². The fourth-order valence-electron chi connectivity index (χ4n) is 9.34. The van der Waals surface area contributed by atoms with Crippen LogP contribution in [0.5, 0.6) is 6.01 Å². The molecule has 13 heteroatoms. The van der Waals surface area contributed by atoms with Crippen LogP contribution in [-0.4, -0.2) is 86.7 Å². The van der Waals surface area contributed by atoms with Gasteiger partial charge in [-0.15, -0.1) is 0 Å². The molecule has 6 heterocycles. The van der Waals surface area contributed by atoms with Crippen LogP contribution in [0.2, 0.25) is 0 Å². The van der Waals surface area contributed by atoms with Gasteiger partial charge in [-0.2, -0.15) is 20.3 Å². The number of nitrogens with zero attached hydrogens (tertiary/aromatic N) is 8. The summed E-state index contributed by atoms with van der Waals surface area (Å²) >= 11 is 0. The van der Waals surface area contributed by atoms with E-state index >= 15 is 0 Å². The number of alkyl halides is 1. The van der Waals surface area contributed by atoms with Gasteiger partial charge in [-0.05, 0) is 82.8 Å². The van der Waals surface area contributed by atoms with Crippen molar-refractivity contribution >= 4 is 11.5 Å². The molecule has 1 spiro atoms. The van der Waals surface area contributed by atoms with Crippen molar-refractivity contribution in [1.29, 1.82) is 5.26 Å². The molecule has 4 aliphatic heterocycles. The zero-order chi connectivity index (χ0) is 34.9. The monoisotopic (exact) mass is 685 g/mol. The first-order valence-corrected chi connectivity index (χ1v) is 18.1. The summed E-state index contributed by atoms with van der Waals surface area (Å²) in [4.78, 5) is 16.4. The van der Waals surface area contributed by atoms with Gasteiger partial charge in [0, 0.05) is 49.3 Å². The second-order valence-electron chi connectivity index (χ2n) is 15.4. The number of aliphatic hydroxyl groups is 1. The van der Waals surface area contributed by atoms with Crippen LogP contribution in [0.4, 0.5) is 15.9 Å². The van der Waals surface area contributed by atoms with Gasteiger partial charge in [-0.25, -0.2) is 4.39 Å². The number of nitrogens with two attached hydrogens (primary N) is 1. The van der Waals surface area contributed by atoms with E-state index in [1.165, 1.54) is 0 Å². The van der Waals surface area contributed by atoms with Crippen molar-refractivity contribution in [3.8, 4) is 12.1 Å². The third-order valence-corrected chi connectivity index (χ3v) is 12.1. The second-order valence-corrected chi connectivity index (χ2v) is 15.4. The van der Waals surface area contributed by atoms with E-state index in [-0.39, 0.29) is 24.1 Å². The maximum absolute atomic E-state index is 14.7. The van der Waals surface area contributed by atoms with Crippen molar-refractivity contribution in [2.24, 2.45) is 0 Å². The lowest BCUT2D eigenvalue weighted by atomic mass is 9.69. The Morgan fingerprint density at radius 1 is 1.22 bits per heavy atom. The van der Waals surface area contributed by atoms with Crippen LogP contribution < -0.4 is 15.4 Å². The van der Waals surface area contributed by atoms with E-state index < -0.39 is 18.0 Å². The lowest BCUT2D eigenvalue weighted by molar-refractivity contribution is -0.0873. The summed E-state index contributed by atoms with van der Waals surface area (Å²) in [5, 5.41) is 26.0. The molecule has 0 saturated carbocycles. The van der Waals surface area contributed by atoms with E-state index in [2.05, 4.69) is 22.8 Å². The lowest BCUT2D eigenvalue weighted by Crippen LogP contribution is -2.44. The van der Waals surface area contributed by atoms with Crippen LogP contribution in [0.15, 0.2) is 12.1 Å². The lowest BCUT2D eigenvalue weighted by Gasteiger charge is -2.45. The number of aryl methyl sites for hydroxylation is 1. The molecule has 8 rings (SSSR count). The Hall–Kier alpha value is -3.83. The predicted molar refractivity (Wildman–Crippen MR) is 185 cm³/mol. The fraction of sp³-hybridized carbons (Fsp3) is 0.622. The van der Waals surface area contributed by atoms with Crippen molar-refractivity contribution in [3.05, 3.63) is 57.0 Å². The number of fused-ring (bicyclic) bond motifs is 5. The summed E-state index contributed by atoms with van der Waals surface area (Å²) in [6.07, 6.45) is 3.67. The van der Waals surface area contributed by atoms with Gasteiger partial charge in [-0.1, -0.05) is 13.0 Å². The average molecular weight is 686 g/mol. The van der Waals surface area contributed by atoms with Crippen LogP contribution in [0, 0.1) is 18.3 Å². The van der Waals surface area contributed by atoms with E-state index in [1.807, 2.05) is 37.8 Å². The molecule has 3 aromatic rings. The highest BCUT2D eigenvalue weighted by molar-refractivity contribution is 5.64. The largest absolute Gasteiger partial charge is 0.461 e. The van der Waals surface area contributed by atoms with Gasteiger partial charge < -0.3 is 25.2 Å². The third kappa shape index (κ3) is 5.34. The Labute approximate surface area is 293 Å². The molecule has 12 nitrogen and oxygen atoms in total. The van der Waals surface area contributed by atoms with E-state index in [0.717, 1.165) is 91.2 Å². The molecule has 5 aliphatic rings. The highest BCUT2D eigenvalue weighted by Gasteiger charge is 2.50. The summed E-state index contributed by atoms with van der Waals surface area (Å²) < 4.78 is 30.1. The Morgan fingerprint density at radius 2 is 2.06 bits per heavy atom. The molecular formula is C37H48FN9O3. The zero-order valence-electron chi connectivity index (χ0n) is 29.6. The van der Waals surface area contributed by atoms with Crippen LogP contribution >= 0.6 is 0 Å². The van der Waals surface area contributed by atoms with Gasteiger partial charge in [0.05, 0.1) is 35.6 Å². The number of hydrogen-bond donors (Lipinski definition) is 2. The summed E-state index contributed by atoms with van der Waals surface area (Å²) in [5.41, 5.74) is 12.6. The van der Waals surface area contributed by atoms with Gasteiger partial charge >= 0.3 is 6.01 Å². The number of aromatic nitrogens is 4. The van der Waals surface area contributed by atoms with E-state index in [0.29, 0.717) is 49.5 Å². The molecule has 0 amide bonds. The Morgan fingerprint density at radius 3 is 2.86 bits per heavy atom. The summed E-state index contributed by atoms with van der Waals surface area (Å²) in [5.74, 6) is 1.03. The third-order valence-electron chi connectivity index (χ3n) is 12.1. The van der Waals surface area contributed by atoms with Crippen molar-refractivity contribution < 1.29 is 19.0 Å². The first-order valence-electron chi connectivity index (χ1n) is 18.1. The summed E-state index contributed by atoms with van der Waals surface area (Å²) in [6, 6.07) is 6.56. The van der Waals surface area contributed by atoms with Crippen LogP contribution in [0.3, 0.4) is 0 Å². The maximum atomic E-state index is 14.7. The van der Waals surface area contributed by atoms with Crippen molar-refractivity contribution in [1.82, 2.24) is 29.5 Å². The quantitative estimate of drug-likeness (QED) is 0.285. The Kier molecular flexibility index (Phi) is 8.29. The minimum atomic E-state index is -0.854. The molecule has 3 N–H and O–H groups in total. The van der Waals surface area contributed by atoms with Gasteiger partial charge in [0.15, 0.2) is 6.23 Å². The first kappa shape index (κ1) is 33.3. The second kappa shape index (κ2) is 12.4. The average Bonchev–Trinajstić information content (AvgIpc) is 3.67. The van der Waals surface area contributed by atoms with E-state index in [4.69, 9.17) is 30.3 Å². The first-order chi connectivity index (χ1) is 24.0. The molecule has 266 valence electrons. The van der Waals surface area contributed by atoms with Gasteiger partial charge in [0.25, 0.3) is 0 Å². The molecule has 5 atom stereocenters. The Balaban J connectivity index is 1.20. The molecule has 2 fully saturated rings. The minimum absolute atomic E-state index is 0.272. The highest BCUT2D eigenvalue weighted by atomic mass is 19.1. The molecule has 0 bridgehead atoms. The van der Waals surface area contributed by atoms with Crippen molar-refractivity contribution in [3.63, 3.8) is 0 Å². The Bertz CT molecular complexity index is 1860. The van der Waals surface area contributed by atoms with Crippen LogP contribution in [0.1, 0.15) is 102 Å². The number of benzene rings is 1. The zero-order valence-corrected chi connectivity index (χ0v) is 29.6. The molecule has 2 aromatic heterocycles. The number of rotatable bonds is 6. The number of hydrogen-bond acceptors (Lipinski definition) is 11. The van der Waals surface area contributed by atoms with E-state index in [9.17, 15) is 14.8 Å². The molecule has 0 radical (unpaired) electrons. The molecule has 50 heavy (non-hydrogen) atoms. The number of aliphatic hydroxyl groups excluding tert-OH is 1. The fourth-order valence-corrected chi connectivity index (χ4v) is 9.34. The minimum Gasteiger partial charge on any atom is -0.461 e. The molecule has 1 aliphatic carbocycles. The SMILES string of the molecule is Cc1c(C(O)N(C)C)nn2c1CN(c1nc(OC[C@@]34CCCN3C[C@H](F)C4)nc3c1CO[C@@]1(CC[C@H](C)c4ccc(N)c(C#N)c41)C3)CCC2. The predicted octanol–water partition coefficient (Wildman–Crippen LogP) is 4.22. The van der Waals surface area contributed by atoms with Crippen LogP contribution in [-0.2, 0) is 36.5 Å². The summed E-state index contributed by atoms with van der Waals surface area (Å²) in [6.45, 7) is 8.16. The number of nitriles is 1. The number of nitrogen functional groups attached to an aromatic ring is 1. The number of halogens is 1. The molecule has 2 saturated heterocycles. The van der Waals surface area contributed by atoms with Gasteiger partial charge in [0.1, 0.15) is 36.0 Å². The smallest absolute Gasteiger partial charge is 0.318 e. The van der Waals surface area contributed by atoms with Crippen molar-refractivity contribution in [2.45, 2.75) is 108 Å². The highest BCUT2D eigenvalue weighted by Crippen LogP contribution is 2.51. The molecular weight excluding hydrogens is 637 g/mol. The van der Waals surface area contributed by atoms with E-state index in [1.54, 1.807) is 4.90 Å². The molecule has 1 aromatic carbocycles. The topological polar surface area (TPSA) is 142 Å². The number of ether oxygens (including phenoxy) is 2. The molecule has 1 unspecified atom stereocenters. The maximum Gasteiger partial charge on any atom is 0.318 e. The van der Waals surface area contributed by atoms with Crippen molar-refractivity contribution in [2.75, 3.05) is 51.0 Å². The van der Waals surface area contributed by atoms with Gasteiger partial charge in [0.2, 0.25) is 0 Å². The normalized spacial score (nSPS) is 28.2.